The molecule has 0 aromatic heterocycles. The number of thioether (sulfide) groups is 1. The predicted molar refractivity (Wildman–Crippen MR) is 73.2 cm³/mol. The Morgan fingerprint density at radius 2 is 2.12 bits per heavy atom. The van der Waals surface area contributed by atoms with E-state index in [2.05, 4.69) is 31.0 Å². The van der Waals surface area contributed by atoms with Crippen molar-refractivity contribution in [1.82, 2.24) is 10.2 Å². The van der Waals surface area contributed by atoms with E-state index < -0.39 is 0 Å². The number of rotatable bonds is 1. The van der Waals surface area contributed by atoms with Gasteiger partial charge in [-0.1, -0.05) is 13.8 Å². The molecule has 1 amide bonds. The van der Waals surface area contributed by atoms with Crippen molar-refractivity contribution in [1.29, 1.82) is 0 Å². The van der Waals surface area contributed by atoms with Gasteiger partial charge in [0, 0.05) is 30.6 Å². The molecule has 0 bridgehead atoms. The molecule has 2 aliphatic heterocycles. The van der Waals surface area contributed by atoms with Crippen LogP contribution in [0, 0.1) is 11.8 Å². The molecule has 0 radical (unpaired) electrons. The molecular formula is C13H24N2OS. The average Bonchev–Trinajstić information content (AvgIpc) is 2.34. The highest BCUT2D eigenvalue weighted by Crippen LogP contribution is 2.27. The minimum absolute atomic E-state index is 0.0497. The molecule has 3 nitrogen and oxygen atoms in total. The van der Waals surface area contributed by atoms with E-state index in [0.717, 1.165) is 24.6 Å². The van der Waals surface area contributed by atoms with Crippen LogP contribution in [0.1, 0.15) is 27.2 Å². The molecule has 98 valence electrons. The van der Waals surface area contributed by atoms with Crippen LogP contribution in [0.2, 0.25) is 0 Å². The van der Waals surface area contributed by atoms with Crippen molar-refractivity contribution in [2.75, 3.05) is 24.6 Å². The zero-order valence-electron chi connectivity index (χ0n) is 11.1. The summed E-state index contributed by atoms with van der Waals surface area (Å²) in [6.45, 7) is 8.63. The molecule has 2 rings (SSSR count). The summed E-state index contributed by atoms with van der Waals surface area (Å²) in [5.74, 6) is 3.65. The van der Waals surface area contributed by atoms with E-state index in [1.165, 1.54) is 6.42 Å². The zero-order chi connectivity index (χ0) is 12.4. The predicted octanol–water partition coefficient (Wildman–Crippen LogP) is 1.58. The highest BCUT2D eigenvalue weighted by molar-refractivity contribution is 7.99. The molecule has 0 aliphatic carbocycles. The van der Waals surface area contributed by atoms with E-state index in [9.17, 15) is 4.79 Å². The molecule has 0 aromatic carbocycles. The number of carbonyl (C=O) groups is 1. The number of carbonyl (C=O) groups excluding carboxylic acids is 1. The van der Waals surface area contributed by atoms with E-state index in [-0.39, 0.29) is 6.04 Å². The first kappa shape index (κ1) is 13.2. The van der Waals surface area contributed by atoms with Crippen LogP contribution in [0.3, 0.4) is 0 Å². The van der Waals surface area contributed by atoms with Crippen molar-refractivity contribution >= 4 is 17.7 Å². The van der Waals surface area contributed by atoms with E-state index >= 15 is 0 Å². The van der Waals surface area contributed by atoms with E-state index in [0.29, 0.717) is 23.8 Å². The molecule has 2 aliphatic rings. The summed E-state index contributed by atoms with van der Waals surface area (Å²) in [6, 6.07) is 0.445. The van der Waals surface area contributed by atoms with Crippen molar-refractivity contribution in [3.8, 4) is 0 Å². The highest BCUT2D eigenvalue weighted by Gasteiger charge is 2.35. The molecular weight excluding hydrogens is 232 g/mol. The fourth-order valence-electron chi connectivity index (χ4n) is 2.93. The second-order valence-electron chi connectivity index (χ2n) is 5.63. The van der Waals surface area contributed by atoms with Crippen LogP contribution >= 0.6 is 11.8 Å². The lowest BCUT2D eigenvalue weighted by atomic mass is 9.85. The van der Waals surface area contributed by atoms with Gasteiger partial charge in [0.25, 0.3) is 0 Å². The van der Waals surface area contributed by atoms with Crippen molar-refractivity contribution in [2.24, 2.45) is 11.8 Å². The van der Waals surface area contributed by atoms with Gasteiger partial charge in [0.15, 0.2) is 0 Å². The van der Waals surface area contributed by atoms with Gasteiger partial charge in [-0.3, -0.25) is 4.79 Å². The summed E-state index contributed by atoms with van der Waals surface area (Å²) in [6.07, 6.45) is 1.25. The van der Waals surface area contributed by atoms with Gasteiger partial charge in [-0.2, -0.15) is 11.8 Å². The van der Waals surface area contributed by atoms with Crippen molar-refractivity contribution in [3.05, 3.63) is 0 Å². The monoisotopic (exact) mass is 256 g/mol. The number of piperidine rings is 1. The molecule has 17 heavy (non-hydrogen) atoms. The van der Waals surface area contributed by atoms with Gasteiger partial charge in [0.2, 0.25) is 5.91 Å². The van der Waals surface area contributed by atoms with Crippen LogP contribution in [-0.2, 0) is 4.79 Å². The molecule has 0 saturated carbocycles. The minimum atomic E-state index is 0.0497. The summed E-state index contributed by atoms with van der Waals surface area (Å²) in [4.78, 5) is 14.6. The third-order valence-corrected chi connectivity index (χ3v) is 5.16. The summed E-state index contributed by atoms with van der Waals surface area (Å²) in [5.41, 5.74) is 0. The Kier molecular flexibility index (Phi) is 4.36. The van der Waals surface area contributed by atoms with Gasteiger partial charge >= 0.3 is 0 Å². The Hall–Kier alpha value is -0.220. The van der Waals surface area contributed by atoms with Gasteiger partial charge in [0.1, 0.15) is 0 Å². The molecule has 4 atom stereocenters. The zero-order valence-corrected chi connectivity index (χ0v) is 11.9. The number of likely N-dealkylation sites (tertiary alicyclic amines) is 1. The molecule has 4 heteroatoms. The largest absolute Gasteiger partial charge is 0.338 e. The summed E-state index contributed by atoms with van der Waals surface area (Å²) in [7, 11) is 0. The third-order valence-electron chi connectivity index (χ3n) is 4.10. The Balaban J connectivity index is 2.01. The lowest BCUT2D eigenvalue weighted by molar-refractivity contribution is -0.138. The Morgan fingerprint density at radius 3 is 2.76 bits per heavy atom. The first-order chi connectivity index (χ1) is 8.09. The Labute approximate surface area is 109 Å². The minimum Gasteiger partial charge on any atom is -0.338 e. The lowest BCUT2D eigenvalue weighted by Crippen LogP contribution is -2.57. The molecule has 0 spiro atoms. The summed E-state index contributed by atoms with van der Waals surface area (Å²) in [5, 5.41) is 3.35. The van der Waals surface area contributed by atoms with Crippen molar-refractivity contribution in [3.63, 3.8) is 0 Å². The number of hydrogen-bond donors (Lipinski definition) is 1. The second-order valence-corrected chi connectivity index (χ2v) is 6.78. The van der Waals surface area contributed by atoms with Crippen LogP contribution < -0.4 is 5.32 Å². The van der Waals surface area contributed by atoms with Gasteiger partial charge in [0.05, 0.1) is 6.04 Å². The molecule has 1 N–H and O–H groups in total. The molecule has 2 fully saturated rings. The Bertz CT molecular complexity index is 279. The van der Waals surface area contributed by atoms with Crippen LogP contribution in [0.5, 0.6) is 0 Å². The van der Waals surface area contributed by atoms with Gasteiger partial charge in [-0.15, -0.1) is 0 Å². The maximum Gasteiger partial charge on any atom is 0.240 e. The summed E-state index contributed by atoms with van der Waals surface area (Å²) < 4.78 is 0. The molecule has 4 unspecified atom stereocenters. The highest BCUT2D eigenvalue weighted by atomic mass is 32.2. The van der Waals surface area contributed by atoms with E-state index in [1.807, 2.05) is 11.8 Å². The fourth-order valence-corrected chi connectivity index (χ4v) is 3.86. The summed E-state index contributed by atoms with van der Waals surface area (Å²) >= 11 is 1.89. The maximum absolute atomic E-state index is 12.5. The van der Waals surface area contributed by atoms with E-state index in [1.54, 1.807) is 0 Å². The number of amides is 1. The first-order valence-corrected chi connectivity index (χ1v) is 7.86. The maximum atomic E-state index is 12.5. The van der Waals surface area contributed by atoms with E-state index in [4.69, 9.17) is 0 Å². The first-order valence-electron chi connectivity index (χ1n) is 6.71. The fraction of sp³-hybridized carbons (Fsp3) is 0.923. The normalized spacial score (nSPS) is 39.1. The topological polar surface area (TPSA) is 32.3 Å². The van der Waals surface area contributed by atoms with Crippen LogP contribution in [0.15, 0.2) is 0 Å². The van der Waals surface area contributed by atoms with Gasteiger partial charge < -0.3 is 10.2 Å². The van der Waals surface area contributed by atoms with Gasteiger partial charge in [-0.25, -0.2) is 0 Å². The van der Waals surface area contributed by atoms with Crippen LogP contribution in [-0.4, -0.2) is 47.5 Å². The molecule has 0 aromatic rings. The standard InChI is InChI=1S/C13H24N2OS/c1-9-6-10(2)11(3)15(7-9)13(16)12-8-17-5-4-14-12/h9-12,14H,4-8H2,1-3H3. The lowest BCUT2D eigenvalue weighted by Gasteiger charge is -2.43. The molecule has 2 saturated heterocycles. The van der Waals surface area contributed by atoms with Gasteiger partial charge in [-0.05, 0) is 25.2 Å². The quantitative estimate of drug-likeness (QED) is 0.773. The average molecular weight is 256 g/mol. The van der Waals surface area contributed by atoms with Crippen molar-refractivity contribution < 1.29 is 4.79 Å². The molecule has 2 heterocycles. The Morgan fingerprint density at radius 1 is 1.35 bits per heavy atom. The number of nitrogens with one attached hydrogen (secondary N) is 1. The number of nitrogens with zero attached hydrogens (tertiary/aromatic N) is 1. The second kappa shape index (κ2) is 5.61. The van der Waals surface area contributed by atoms with Crippen molar-refractivity contribution in [2.45, 2.75) is 39.3 Å². The smallest absolute Gasteiger partial charge is 0.240 e. The van der Waals surface area contributed by atoms with Crippen LogP contribution in [0.25, 0.3) is 0 Å². The third kappa shape index (κ3) is 2.97. The number of hydrogen-bond acceptors (Lipinski definition) is 3. The van der Waals surface area contributed by atoms with Crippen LogP contribution in [0.4, 0.5) is 0 Å². The SMILES string of the molecule is CC1CC(C)C(C)N(C(=O)C2CSCCN2)C1.